The van der Waals surface area contributed by atoms with E-state index < -0.39 is 63.0 Å². The highest BCUT2D eigenvalue weighted by Crippen LogP contribution is 2.52. The number of hydrogen-bond acceptors (Lipinski definition) is 12. The molecule has 0 amide bonds. The van der Waals surface area contributed by atoms with Crippen molar-refractivity contribution in [3.05, 3.63) is 35.9 Å². The SMILES string of the molecule is CC(=O)C(O)[C@H]1O[C@](O)(C(C)=O)[C@@](O)(C(C)=O)[C@](O)(C(=O)SCc2ccccc2)[C@]1(O)C(C)=O. The van der Waals surface area contributed by atoms with Crippen LogP contribution in [-0.4, -0.2) is 88.6 Å². The van der Waals surface area contributed by atoms with E-state index in [4.69, 9.17) is 4.74 Å². The number of Topliss-reactive ketones (excluding diaryl/α,β-unsaturated/α-hetero) is 4. The Morgan fingerprint density at radius 3 is 1.82 bits per heavy atom. The van der Waals surface area contributed by atoms with Crippen molar-refractivity contribution in [1.29, 1.82) is 0 Å². The first kappa shape index (κ1) is 27.9. The van der Waals surface area contributed by atoms with E-state index in [1.54, 1.807) is 30.3 Å². The fraction of sp³-hybridized carbons (Fsp3) is 0.500. The molecule has 0 spiro atoms. The Morgan fingerprint density at radius 2 is 1.41 bits per heavy atom. The van der Waals surface area contributed by atoms with Gasteiger partial charge in [-0.05, 0) is 26.3 Å². The predicted octanol–water partition coefficient (Wildman–Crippen LogP) is -1.56. The molecule has 5 N–H and O–H groups in total. The molecule has 0 aliphatic carbocycles. The van der Waals surface area contributed by atoms with Crippen LogP contribution in [0.15, 0.2) is 30.3 Å². The number of thioether (sulfide) groups is 1. The molecule has 1 saturated heterocycles. The Kier molecular flexibility index (Phi) is 7.70. The van der Waals surface area contributed by atoms with E-state index in [-0.39, 0.29) is 17.5 Å². The summed E-state index contributed by atoms with van der Waals surface area (Å²) in [7, 11) is 0. The van der Waals surface area contributed by atoms with Gasteiger partial charge in [-0.2, -0.15) is 0 Å². The standard InChI is InChI=1S/C22H26O11S/c1-11(23)16(27)17-19(29,12(2)24)21(31,18(28)34-10-15-8-6-5-7-9-15)20(30,13(3)25)22(32,33-17)14(4)26/h5-9,16-17,27,29-32H,10H2,1-4H3/t16?,17-,19+,20-,21+,22-/m1/s1. The zero-order valence-electron chi connectivity index (χ0n) is 18.8. The lowest BCUT2D eigenvalue weighted by molar-refractivity contribution is -0.393. The molecule has 0 bridgehead atoms. The smallest absolute Gasteiger partial charge is 0.267 e. The van der Waals surface area contributed by atoms with Gasteiger partial charge >= 0.3 is 0 Å². The van der Waals surface area contributed by atoms with E-state index in [0.717, 1.165) is 6.92 Å². The molecule has 1 aliphatic heterocycles. The number of ketones is 4. The van der Waals surface area contributed by atoms with Gasteiger partial charge in [0.05, 0.1) is 0 Å². The predicted molar refractivity (Wildman–Crippen MR) is 116 cm³/mol. The summed E-state index contributed by atoms with van der Waals surface area (Å²) in [4.78, 5) is 63.0. The molecule has 34 heavy (non-hydrogen) atoms. The summed E-state index contributed by atoms with van der Waals surface area (Å²) in [6.07, 6.45) is -5.09. The maximum Gasteiger partial charge on any atom is 0.267 e. The van der Waals surface area contributed by atoms with Crippen LogP contribution in [0.2, 0.25) is 0 Å². The second kappa shape index (κ2) is 9.38. The van der Waals surface area contributed by atoms with Crippen molar-refractivity contribution in [2.75, 3.05) is 0 Å². The van der Waals surface area contributed by atoms with Crippen molar-refractivity contribution in [3.8, 4) is 0 Å². The van der Waals surface area contributed by atoms with Crippen LogP contribution in [0.4, 0.5) is 0 Å². The number of benzene rings is 1. The van der Waals surface area contributed by atoms with Gasteiger partial charge in [-0.15, -0.1) is 0 Å². The normalized spacial score (nSPS) is 34.2. The van der Waals surface area contributed by atoms with Gasteiger partial charge in [0, 0.05) is 12.7 Å². The summed E-state index contributed by atoms with van der Waals surface area (Å²) in [5.41, 5.74) is -11.0. The third kappa shape index (κ3) is 3.75. The van der Waals surface area contributed by atoms with Gasteiger partial charge in [0.1, 0.15) is 12.2 Å². The number of hydrogen-bond donors (Lipinski definition) is 5. The summed E-state index contributed by atoms with van der Waals surface area (Å²) in [6.45, 7) is 2.66. The zero-order chi connectivity index (χ0) is 26.3. The maximum absolute atomic E-state index is 13.4. The molecule has 1 unspecified atom stereocenters. The summed E-state index contributed by atoms with van der Waals surface area (Å²) < 4.78 is 4.99. The largest absolute Gasteiger partial charge is 0.382 e. The van der Waals surface area contributed by atoms with E-state index in [1.807, 2.05) is 0 Å². The van der Waals surface area contributed by atoms with Crippen LogP contribution in [0.1, 0.15) is 33.3 Å². The molecule has 0 saturated carbocycles. The van der Waals surface area contributed by atoms with E-state index in [2.05, 4.69) is 0 Å². The van der Waals surface area contributed by atoms with Crippen molar-refractivity contribution < 1.29 is 54.2 Å². The minimum absolute atomic E-state index is 0.191. The minimum Gasteiger partial charge on any atom is -0.382 e. The molecule has 0 aromatic heterocycles. The Bertz CT molecular complexity index is 1030. The topological polar surface area (TPSA) is 196 Å². The molecule has 1 aromatic rings. The van der Waals surface area contributed by atoms with Gasteiger partial charge in [-0.25, -0.2) is 0 Å². The third-order valence-electron chi connectivity index (χ3n) is 6.01. The molecule has 1 fully saturated rings. The average molecular weight is 499 g/mol. The first-order valence-corrected chi connectivity index (χ1v) is 11.0. The van der Waals surface area contributed by atoms with Gasteiger partial charge in [0.25, 0.3) is 5.79 Å². The van der Waals surface area contributed by atoms with Crippen LogP contribution in [0.3, 0.4) is 0 Å². The molecular weight excluding hydrogens is 472 g/mol. The monoisotopic (exact) mass is 498 g/mol. The molecule has 11 nitrogen and oxygen atoms in total. The highest BCUT2D eigenvalue weighted by atomic mass is 32.2. The Balaban J connectivity index is 2.86. The van der Waals surface area contributed by atoms with E-state index in [0.29, 0.717) is 26.3 Å². The second-order valence-electron chi connectivity index (χ2n) is 8.16. The number of carbonyl (C=O) groups is 5. The Labute approximate surface area is 198 Å². The van der Waals surface area contributed by atoms with Crippen molar-refractivity contribution in [2.24, 2.45) is 0 Å². The zero-order valence-corrected chi connectivity index (χ0v) is 19.7. The van der Waals surface area contributed by atoms with E-state index in [9.17, 15) is 49.5 Å². The number of aliphatic hydroxyl groups excluding tert-OH is 1. The molecule has 1 aliphatic rings. The fourth-order valence-corrected chi connectivity index (χ4v) is 5.01. The van der Waals surface area contributed by atoms with Crippen LogP contribution in [0, 0.1) is 0 Å². The molecule has 2 rings (SSSR count). The van der Waals surface area contributed by atoms with Crippen molar-refractivity contribution in [3.63, 3.8) is 0 Å². The van der Waals surface area contributed by atoms with Gasteiger partial charge in [0.15, 0.2) is 28.7 Å². The van der Waals surface area contributed by atoms with Crippen LogP contribution in [0.5, 0.6) is 0 Å². The van der Waals surface area contributed by atoms with Crippen molar-refractivity contribution in [1.82, 2.24) is 0 Å². The number of ether oxygens (including phenoxy) is 1. The van der Waals surface area contributed by atoms with Crippen molar-refractivity contribution >= 4 is 40.0 Å². The summed E-state index contributed by atoms with van der Waals surface area (Å²) in [5, 5.41) is 54.2. The molecule has 1 aromatic carbocycles. The minimum atomic E-state index is -3.95. The number of aliphatic hydroxyl groups is 5. The van der Waals surface area contributed by atoms with Gasteiger partial charge in [-0.3, -0.25) is 24.0 Å². The average Bonchev–Trinajstić information content (AvgIpc) is 2.77. The van der Waals surface area contributed by atoms with E-state index in [1.165, 1.54) is 0 Å². The van der Waals surface area contributed by atoms with Gasteiger partial charge in [0.2, 0.25) is 16.3 Å². The molecule has 0 radical (unpaired) electrons. The quantitative estimate of drug-likeness (QED) is 0.277. The fourth-order valence-electron chi connectivity index (χ4n) is 4.00. The van der Waals surface area contributed by atoms with Gasteiger partial charge in [-0.1, -0.05) is 42.1 Å². The third-order valence-corrected chi connectivity index (χ3v) is 7.05. The van der Waals surface area contributed by atoms with Gasteiger partial charge < -0.3 is 30.3 Å². The summed E-state index contributed by atoms with van der Waals surface area (Å²) in [5.74, 6) is -9.70. The maximum atomic E-state index is 13.4. The first-order chi connectivity index (χ1) is 15.5. The Morgan fingerprint density at radius 1 is 0.882 bits per heavy atom. The lowest BCUT2D eigenvalue weighted by Crippen LogP contribution is -2.91. The molecular formula is C22H26O11S. The van der Waals surface area contributed by atoms with Crippen molar-refractivity contribution in [2.45, 2.75) is 68.2 Å². The highest BCUT2D eigenvalue weighted by molar-refractivity contribution is 8.13. The number of carbonyl (C=O) groups excluding carboxylic acids is 5. The molecule has 1 heterocycles. The number of rotatable bonds is 8. The summed E-state index contributed by atoms with van der Waals surface area (Å²) in [6, 6.07) is 8.14. The Hall–Kier alpha value is -2.32. The molecule has 12 heteroatoms. The highest BCUT2D eigenvalue weighted by Gasteiger charge is 2.85. The lowest BCUT2D eigenvalue weighted by atomic mass is 9.58. The summed E-state index contributed by atoms with van der Waals surface area (Å²) >= 11 is 0.251. The lowest BCUT2D eigenvalue weighted by Gasteiger charge is -2.60. The van der Waals surface area contributed by atoms with Crippen LogP contribution in [-0.2, 0) is 34.5 Å². The molecule has 6 atom stereocenters. The first-order valence-electron chi connectivity index (χ1n) is 10.0. The molecule has 186 valence electrons. The van der Waals surface area contributed by atoms with Crippen LogP contribution >= 0.6 is 11.8 Å². The van der Waals surface area contributed by atoms with Crippen LogP contribution in [0.25, 0.3) is 0 Å². The van der Waals surface area contributed by atoms with E-state index >= 15 is 0 Å². The second-order valence-corrected chi connectivity index (χ2v) is 9.10. The van der Waals surface area contributed by atoms with Crippen LogP contribution < -0.4 is 0 Å².